The van der Waals surface area contributed by atoms with Crippen LogP contribution in [-0.4, -0.2) is 24.3 Å². The highest BCUT2D eigenvalue weighted by atomic mass is 16.5. The highest BCUT2D eigenvalue weighted by Crippen LogP contribution is 2.29. The molecule has 0 spiro atoms. The number of hydrogen-bond acceptors (Lipinski definition) is 3. The van der Waals surface area contributed by atoms with Crippen LogP contribution in [0.4, 0.5) is 0 Å². The average molecular weight is 326 g/mol. The number of hydrogen-bond donors (Lipinski definition) is 1. The van der Waals surface area contributed by atoms with Gasteiger partial charge in [0.05, 0.1) is 13.2 Å². The Morgan fingerprint density at radius 3 is 2.58 bits per heavy atom. The van der Waals surface area contributed by atoms with Crippen molar-refractivity contribution in [3.63, 3.8) is 0 Å². The van der Waals surface area contributed by atoms with Gasteiger partial charge in [-0.2, -0.15) is 0 Å². The van der Waals surface area contributed by atoms with Crippen LogP contribution >= 0.6 is 0 Å². The van der Waals surface area contributed by atoms with Gasteiger partial charge in [-0.1, -0.05) is 36.4 Å². The van der Waals surface area contributed by atoms with Gasteiger partial charge >= 0.3 is 5.97 Å². The first-order chi connectivity index (χ1) is 11.7. The Balaban J connectivity index is 1.94. The molecule has 0 amide bonds. The second-order valence-corrected chi connectivity index (χ2v) is 5.25. The van der Waals surface area contributed by atoms with E-state index in [1.54, 1.807) is 6.07 Å². The lowest BCUT2D eigenvalue weighted by molar-refractivity contribution is -0.131. The van der Waals surface area contributed by atoms with Gasteiger partial charge < -0.3 is 14.6 Å². The van der Waals surface area contributed by atoms with Crippen molar-refractivity contribution in [2.24, 2.45) is 0 Å². The van der Waals surface area contributed by atoms with Crippen molar-refractivity contribution in [3.8, 4) is 11.5 Å². The van der Waals surface area contributed by atoms with Crippen LogP contribution in [0, 0.1) is 0 Å². The summed E-state index contributed by atoms with van der Waals surface area (Å²) in [5, 5.41) is 8.70. The predicted octanol–water partition coefficient (Wildman–Crippen LogP) is 4.19. The standard InChI is InChI=1S/C20H22O4/c1-2-23-19-15-17(11-13-20(21)22)10-12-18(19)24-14-6-9-16-7-4-3-5-8-16/h3-5,7-8,10-13,15H,2,6,9,14H2,1H3,(H,21,22)/b13-11+. The lowest BCUT2D eigenvalue weighted by Gasteiger charge is -2.12. The second-order valence-electron chi connectivity index (χ2n) is 5.25. The van der Waals surface area contributed by atoms with E-state index in [4.69, 9.17) is 14.6 Å². The summed E-state index contributed by atoms with van der Waals surface area (Å²) in [6.07, 6.45) is 4.51. The fourth-order valence-electron chi connectivity index (χ4n) is 2.29. The number of carbonyl (C=O) groups is 1. The number of carboxylic acids is 1. The summed E-state index contributed by atoms with van der Waals surface area (Å²) in [5.74, 6) is 0.330. The van der Waals surface area contributed by atoms with Gasteiger partial charge in [-0.3, -0.25) is 0 Å². The Morgan fingerprint density at radius 2 is 1.88 bits per heavy atom. The molecule has 4 heteroatoms. The van der Waals surface area contributed by atoms with Gasteiger partial charge in [-0.15, -0.1) is 0 Å². The summed E-state index contributed by atoms with van der Waals surface area (Å²) in [7, 11) is 0. The molecular formula is C20H22O4. The normalized spacial score (nSPS) is 10.7. The summed E-state index contributed by atoms with van der Waals surface area (Å²) < 4.78 is 11.4. The first kappa shape index (κ1) is 17.6. The molecule has 2 aromatic carbocycles. The van der Waals surface area contributed by atoms with Crippen molar-refractivity contribution >= 4 is 12.0 Å². The summed E-state index contributed by atoms with van der Waals surface area (Å²) in [6.45, 7) is 3.02. The van der Waals surface area contributed by atoms with Gasteiger partial charge in [-0.05, 0) is 49.1 Å². The van der Waals surface area contributed by atoms with Crippen molar-refractivity contribution in [1.29, 1.82) is 0 Å². The van der Waals surface area contributed by atoms with E-state index < -0.39 is 5.97 Å². The fourth-order valence-corrected chi connectivity index (χ4v) is 2.29. The maximum Gasteiger partial charge on any atom is 0.328 e. The molecule has 4 nitrogen and oxygen atoms in total. The number of aliphatic carboxylic acids is 1. The summed E-state index contributed by atoms with van der Waals surface area (Å²) in [5.41, 5.74) is 2.05. The molecule has 2 rings (SSSR count). The Hall–Kier alpha value is -2.75. The Kier molecular flexibility index (Phi) is 6.90. The van der Waals surface area contributed by atoms with Crippen molar-refractivity contribution in [1.82, 2.24) is 0 Å². The van der Waals surface area contributed by atoms with E-state index in [0.717, 1.165) is 24.5 Å². The molecule has 0 saturated carbocycles. The third kappa shape index (κ3) is 5.80. The molecule has 0 bridgehead atoms. The number of aryl methyl sites for hydroxylation is 1. The fraction of sp³-hybridized carbons (Fsp3) is 0.250. The molecule has 0 heterocycles. The van der Waals surface area contributed by atoms with Gasteiger partial charge in [-0.25, -0.2) is 4.79 Å². The molecule has 0 aliphatic heterocycles. The molecule has 0 atom stereocenters. The van der Waals surface area contributed by atoms with Crippen molar-refractivity contribution in [2.45, 2.75) is 19.8 Å². The summed E-state index contributed by atoms with van der Waals surface area (Å²) in [6, 6.07) is 15.7. The van der Waals surface area contributed by atoms with E-state index in [1.165, 1.54) is 11.6 Å². The minimum absolute atomic E-state index is 0.520. The molecule has 1 N–H and O–H groups in total. The van der Waals surface area contributed by atoms with E-state index in [-0.39, 0.29) is 0 Å². The molecule has 0 saturated heterocycles. The Morgan fingerprint density at radius 1 is 1.08 bits per heavy atom. The van der Waals surface area contributed by atoms with Crippen LogP contribution in [0.15, 0.2) is 54.6 Å². The minimum Gasteiger partial charge on any atom is -0.490 e. The van der Waals surface area contributed by atoms with Crippen molar-refractivity contribution in [2.75, 3.05) is 13.2 Å². The molecule has 0 aromatic heterocycles. The van der Waals surface area contributed by atoms with E-state index in [9.17, 15) is 4.79 Å². The SMILES string of the molecule is CCOc1cc(/C=C/C(=O)O)ccc1OCCCc1ccccc1. The lowest BCUT2D eigenvalue weighted by Crippen LogP contribution is -2.02. The monoisotopic (exact) mass is 326 g/mol. The average Bonchev–Trinajstić information content (AvgIpc) is 2.59. The third-order valence-electron chi connectivity index (χ3n) is 3.40. The first-order valence-electron chi connectivity index (χ1n) is 8.03. The molecule has 0 aliphatic rings. The topological polar surface area (TPSA) is 55.8 Å². The van der Waals surface area contributed by atoms with Crippen LogP contribution in [0.2, 0.25) is 0 Å². The van der Waals surface area contributed by atoms with Gasteiger partial charge in [0.25, 0.3) is 0 Å². The maximum atomic E-state index is 10.6. The maximum absolute atomic E-state index is 10.6. The number of rotatable bonds is 9. The van der Waals surface area contributed by atoms with E-state index in [1.807, 2.05) is 37.3 Å². The summed E-state index contributed by atoms with van der Waals surface area (Å²) in [4.78, 5) is 10.6. The lowest BCUT2D eigenvalue weighted by atomic mass is 10.1. The zero-order chi connectivity index (χ0) is 17.2. The molecule has 126 valence electrons. The highest BCUT2D eigenvalue weighted by molar-refractivity contribution is 5.85. The van der Waals surface area contributed by atoms with Crippen LogP contribution in [0.3, 0.4) is 0 Å². The van der Waals surface area contributed by atoms with E-state index >= 15 is 0 Å². The Labute approximate surface area is 142 Å². The molecule has 0 fully saturated rings. The molecule has 0 radical (unpaired) electrons. The van der Waals surface area contributed by atoms with Gasteiger partial charge in [0.15, 0.2) is 11.5 Å². The van der Waals surface area contributed by atoms with Crippen LogP contribution in [0.25, 0.3) is 6.08 Å². The zero-order valence-corrected chi connectivity index (χ0v) is 13.8. The van der Waals surface area contributed by atoms with Gasteiger partial charge in [0.2, 0.25) is 0 Å². The molecule has 2 aromatic rings. The van der Waals surface area contributed by atoms with E-state index in [0.29, 0.717) is 24.7 Å². The number of ether oxygens (including phenoxy) is 2. The van der Waals surface area contributed by atoms with Crippen LogP contribution in [0.5, 0.6) is 11.5 Å². The van der Waals surface area contributed by atoms with Crippen LogP contribution in [0.1, 0.15) is 24.5 Å². The number of carboxylic acid groups (broad SMARTS) is 1. The minimum atomic E-state index is -0.978. The quantitative estimate of drug-likeness (QED) is 0.554. The predicted molar refractivity (Wildman–Crippen MR) is 94.5 cm³/mol. The first-order valence-corrected chi connectivity index (χ1v) is 8.03. The van der Waals surface area contributed by atoms with Crippen molar-refractivity contribution < 1.29 is 19.4 Å². The molecule has 0 unspecified atom stereocenters. The number of benzene rings is 2. The smallest absolute Gasteiger partial charge is 0.328 e. The zero-order valence-electron chi connectivity index (χ0n) is 13.8. The highest BCUT2D eigenvalue weighted by Gasteiger charge is 2.06. The summed E-state index contributed by atoms with van der Waals surface area (Å²) >= 11 is 0. The Bertz CT molecular complexity index is 677. The molecular weight excluding hydrogens is 304 g/mol. The third-order valence-corrected chi connectivity index (χ3v) is 3.40. The van der Waals surface area contributed by atoms with Crippen molar-refractivity contribution in [3.05, 3.63) is 65.7 Å². The molecule has 0 aliphatic carbocycles. The van der Waals surface area contributed by atoms with Crippen LogP contribution in [-0.2, 0) is 11.2 Å². The molecule has 24 heavy (non-hydrogen) atoms. The second kappa shape index (κ2) is 9.40. The van der Waals surface area contributed by atoms with E-state index in [2.05, 4.69) is 12.1 Å². The van der Waals surface area contributed by atoms with Gasteiger partial charge in [0, 0.05) is 6.08 Å². The largest absolute Gasteiger partial charge is 0.490 e. The van der Waals surface area contributed by atoms with Gasteiger partial charge in [0.1, 0.15) is 0 Å². The van der Waals surface area contributed by atoms with Crippen LogP contribution < -0.4 is 9.47 Å².